The minimum atomic E-state index is -0.461. The van der Waals surface area contributed by atoms with Crippen LogP contribution in [-0.2, 0) is 4.74 Å². The quantitative estimate of drug-likeness (QED) is 0.635. The second kappa shape index (κ2) is 8.17. The van der Waals surface area contributed by atoms with Crippen molar-refractivity contribution < 1.29 is 9.53 Å². The van der Waals surface area contributed by atoms with Gasteiger partial charge >= 0.3 is 6.09 Å². The summed E-state index contributed by atoms with van der Waals surface area (Å²) in [5, 5.41) is 4.25. The van der Waals surface area contributed by atoms with E-state index in [2.05, 4.69) is 28.2 Å². The minimum absolute atomic E-state index is 0.206. The first-order valence-electron chi connectivity index (χ1n) is 8.78. The SMILES string of the molecule is Cc1cc(Br)c(NC(C)CC2CCCN2C(=O)OC(C)(C)C)cc1Cl. The van der Waals surface area contributed by atoms with Crippen LogP contribution in [0.3, 0.4) is 0 Å². The topological polar surface area (TPSA) is 41.6 Å². The average Bonchev–Trinajstić information content (AvgIpc) is 2.91. The zero-order chi connectivity index (χ0) is 18.8. The lowest BCUT2D eigenvalue weighted by atomic mass is 10.1. The van der Waals surface area contributed by atoms with Gasteiger partial charge in [-0.2, -0.15) is 0 Å². The summed E-state index contributed by atoms with van der Waals surface area (Å²) in [6.07, 6.45) is 2.70. The molecule has 1 fully saturated rings. The number of nitrogens with zero attached hydrogens (tertiary/aromatic N) is 1. The number of hydrogen-bond donors (Lipinski definition) is 1. The molecule has 0 spiro atoms. The molecule has 1 saturated heterocycles. The van der Waals surface area contributed by atoms with Gasteiger partial charge in [0.15, 0.2) is 0 Å². The number of carbonyl (C=O) groups is 1. The number of amides is 1. The number of carbonyl (C=O) groups excluding carboxylic acids is 1. The summed E-state index contributed by atoms with van der Waals surface area (Å²) >= 11 is 9.82. The zero-order valence-electron chi connectivity index (χ0n) is 15.7. The van der Waals surface area contributed by atoms with Crippen molar-refractivity contribution in [1.29, 1.82) is 0 Å². The molecule has 1 N–H and O–H groups in total. The van der Waals surface area contributed by atoms with E-state index >= 15 is 0 Å². The van der Waals surface area contributed by atoms with Gasteiger partial charge in [0.1, 0.15) is 5.60 Å². The van der Waals surface area contributed by atoms with Gasteiger partial charge in [0.25, 0.3) is 0 Å². The Morgan fingerprint density at radius 1 is 1.48 bits per heavy atom. The van der Waals surface area contributed by atoms with E-state index in [1.807, 2.05) is 44.7 Å². The van der Waals surface area contributed by atoms with E-state index in [0.717, 1.165) is 46.6 Å². The van der Waals surface area contributed by atoms with Crippen LogP contribution in [0, 0.1) is 6.92 Å². The molecule has 1 aromatic carbocycles. The average molecular weight is 432 g/mol. The number of aryl methyl sites for hydroxylation is 1. The number of hydrogen-bond acceptors (Lipinski definition) is 3. The van der Waals surface area contributed by atoms with Gasteiger partial charge in [-0.3, -0.25) is 0 Å². The Balaban J connectivity index is 1.98. The molecule has 2 atom stereocenters. The third kappa shape index (κ3) is 5.78. The molecule has 1 aliphatic rings. The van der Waals surface area contributed by atoms with Gasteiger partial charge < -0.3 is 15.0 Å². The molecule has 0 bridgehead atoms. The lowest BCUT2D eigenvalue weighted by Crippen LogP contribution is -2.41. The summed E-state index contributed by atoms with van der Waals surface area (Å²) in [5.41, 5.74) is 1.56. The highest BCUT2D eigenvalue weighted by atomic mass is 79.9. The summed E-state index contributed by atoms with van der Waals surface area (Å²) in [6.45, 7) is 10.6. The Kier molecular flexibility index (Phi) is 6.66. The molecule has 0 saturated carbocycles. The number of benzene rings is 1. The summed E-state index contributed by atoms with van der Waals surface area (Å²) in [7, 11) is 0. The maximum absolute atomic E-state index is 12.4. The first-order valence-corrected chi connectivity index (χ1v) is 9.95. The third-order valence-corrected chi connectivity index (χ3v) is 5.34. The van der Waals surface area contributed by atoms with E-state index in [9.17, 15) is 4.79 Å². The van der Waals surface area contributed by atoms with Gasteiger partial charge in [-0.1, -0.05) is 11.6 Å². The molecule has 1 amide bonds. The molecule has 2 unspecified atom stereocenters. The minimum Gasteiger partial charge on any atom is -0.444 e. The largest absolute Gasteiger partial charge is 0.444 e. The Hall–Kier alpha value is -0.940. The standard InChI is InChI=1S/C19H28BrClN2O2/c1-12-9-15(20)17(11-16(12)21)22-13(2)10-14-7-6-8-23(14)18(24)25-19(3,4)5/h9,11,13-14,22H,6-8,10H2,1-5H3. The van der Waals surface area contributed by atoms with E-state index in [-0.39, 0.29) is 18.2 Å². The Labute approximate surface area is 164 Å². The summed E-state index contributed by atoms with van der Waals surface area (Å²) < 4.78 is 6.54. The number of nitrogens with one attached hydrogen (secondary N) is 1. The third-order valence-electron chi connectivity index (χ3n) is 4.28. The maximum atomic E-state index is 12.4. The van der Waals surface area contributed by atoms with Crippen LogP contribution in [0.25, 0.3) is 0 Å². The first kappa shape index (κ1) is 20.4. The fourth-order valence-corrected chi connectivity index (χ4v) is 3.87. The Morgan fingerprint density at radius 3 is 2.80 bits per heavy atom. The molecule has 1 aromatic rings. The molecule has 2 rings (SSSR count). The molecule has 4 nitrogen and oxygen atoms in total. The van der Waals surface area contributed by atoms with Crippen molar-refractivity contribution in [2.75, 3.05) is 11.9 Å². The summed E-state index contributed by atoms with van der Waals surface area (Å²) in [5.74, 6) is 0. The molecular weight excluding hydrogens is 404 g/mol. The van der Waals surface area contributed by atoms with Crippen LogP contribution < -0.4 is 5.32 Å². The highest BCUT2D eigenvalue weighted by molar-refractivity contribution is 9.10. The van der Waals surface area contributed by atoms with Crippen molar-refractivity contribution in [2.24, 2.45) is 0 Å². The second-order valence-electron chi connectivity index (χ2n) is 7.83. The summed E-state index contributed by atoms with van der Waals surface area (Å²) in [4.78, 5) is 14.3. The molecule has 1 heterocycles. The predicted molar refractivity (Wildman–Crippen MR) is 108 cm³/mol. The van der Waals surface area contributed by atoms with Crippen molar-refractivity contribution in [2.45, 2.75) is 71.6 Å². The monoisotopic (exact) mass is 430 g/mol. The Bertz CT molecular complexity index is 631. The molecular formula is C19H28BrClN2O2. The van der Waals surface area contributed by atoms with Crippen molar-refractivity contribution in [3.63, 3.8) is 0 Å². The van der Waals surface area contributed by atoms with E-state index < -0.39 is 5.60 Å². The number of anilines is 1. The fourth-order valence-electron chi connectivity index (χ4n) is 3.13. The van der Waals surface area contributed by atoms with Gasteiger partial charge in [0.05, 0.1) is 5.69 Å². The molecule has 0 radical (unpaired) electrons. The Morgan fingerprint density at radius 2 is 2.16 bits per heavy atom. The first-order chi connectivity index (χ1) is 11.6. The van der Waals surface area contributed by atoms with Crippen molar-refractivity contribution >= 4 is 39.3 Å². The van der Waals surface area contributed by atoms with Gasteiger partial charge in [-0.25, -0.2) is 4.79 Å². The predicted octanol–water partition coefficient (Wildman–Crippen LogP) is 6.00. The van der Waals surface area contributed by atoms with Crippen LogP contribution in [0.1, 0.15) is 52.5 Å². The second-order valence-corrected chi connectivity index (χ2v) is 9.09. The molecule has 1 aliphatic heterocycles. The van der Waals surface area contributed by atoms with Crippen molar-refractivity contribution in [3.8, 4) is 0 Å². The van der Waals surface area contributed by atoms with Crippen molar-refractivity contribution in [3.05, 3.63) is 27.2 Å². The van der Waals surface area contributed by atoms with Gasteiger partial charge in [0.2, 0.25) is 0 Å². The van der Waals surface area contributed by atoms with E-state index in [4.69, 9.17) is 16.3 Å². The van der Waals surface area contributed by atoms with Crippen LogP contribution in [0.5, 0.6) is 0 Å². The van der Waals surface area contributed by atoms with Crippen LogP contribution in [0.4, 0.5) is 10.5 Å². The highest BCUT2D eigenvalue weighted by Gasteiger charge is 2.32. The molecule has 6 heteroatoms. The smallest absolute Gasteiger partial charge is 0.410 e. The van der Waals surface area contributed by atoms with E-state index in [1.165, 1.54) is 0 Å². The lowest BCUT2D eigenvalue weighted by molar-refractivity contribution is 0.0218. The van der Waals surface area contributed by atoms with Crippen molar-refractivity contribution in [1.82, 2.24) is 4.90 Å². The van der Waals surface area contributed by atoms with Crippen LogP contribution in [0.15, 0.2) is 16.6 Å². The zero-order valence-corrected chi connectivity index (χ0v) is 18.0. The number of likely N-dealkylation sites (tertiary alicyclic amines) is 1. The van der Waals surface area contributed by atoms with Gasteiger partial charge in [-0.15, -0.1) is 0 Å². The molecule has 0 aliphatic carbocycles. The lowest BCUT2D eigenvalue weighted by Gasteiger charge is -2.30. The van der Waals surface area contributed by atoms with E-state index in [0.29, 0.717) is 0 Å². The molecule has 0 aromatic heterocycles. The van der Waals surface area contributed by atoms with Crippen LogP contribution in [0.2, 0.25) is 5.02 Å². The number of ether oxygens (including phenoxy) is 1. The normalized spacial score (nSPS) is 19.0. The van der Waals surface area contributed by atoms with Gasteiger partial charge in [0, 0.05) is 28.1 Å². The molecule has 140 valence electrons. The highest BCUT2D eigenvalue weighted by Crippen LogP contribution is 2.31. The van der Waals surface area contributed by atoms with E-state index in [1.54, 1.807) is 0 Å². The number of rotatable bonds is 4. The van der Waals surface area contributed by atoms with Gasteiger partial charge in [-0.05, 0) is 87.5 Å². The maximum Gasteiger partial charge on any atom is 0.410 e. The van der Waals surface area contributed by atoms with Crippen LogP contribution >= 0.6 is 27.5 Å². The van der Waals surface area contributed by atoms with Crippen LogP contribution in [-0.4, -0.2) is 35.2 Å². The summed E-state index contributed by atoms with van der Waals surface area (Å²) in [6, 6.07) is 4.37. The number of halogens is 2. The fraction of sp³-hybridized carbons (Fsp3) is 0.632. The molecule has 25 heavy (non-hydrogen) atoms.